The van der Waals surface area contributed by atoms with Gasteiger partial charge < -0.3 is 5.11 Å². The molecule has 1 N–H and O–H groups in total. The molecule has 0 bridgehead atoms. The average molecular weight is 1470 g/mol. The summed E-state index contributed by atoms with van der Waals surface area (Å²) in [7, 11) is 0. The van der Waals surface area contributed by atoms with Crippen molar-refractivity contribution in [2.24, 2.45) is 0 Å². The Morgan fingerprint density at radius 1 is 0.471 bits per heavy atom. The Kier molecular flexibility index (Phi) is 12.9. The minimum atomic E-state index is -0.868. The molecule has 0 saturated carbocycles. The van der Waals surface area contributed by atoms with Crippen LogP contribution in [0.1, 0.15) is 0 Å². The number of rotatable bonds is 4. The van der Waals surface area contributed by atoms with Crippen LogP contribution in [0.25, 0.3) is 0 Å². The summed E-state index contributed by atoms with van der Waals surface area (Å²) in [5.41, 5.74) is 0. The summed E-state index contributed by atoms with van der Waals surface area (Å²) in [5.74, 6) is 0. The Hall–Kier alpha value is 7.99. The van der Waals surface area contributed by atoms with E-state index in [4.69, 9.17) is 0 Å². The molecule has 0 fully saturated rings. The summed E-state index contributed by atoms with van der Waals surface area (Å²) in [4.78, 5) is 0. The lowest BCUT2D eigenvalue weighted by molar-refractivity contribution is 0.151. The number of halogens is 11. The predicted molar refractivity (Wildman–Crippen MR) is 170 cm³/mol. The van der Waals surface area contributed by atoms with Gasteiger partial charge in [-0.05, 0) is 22.6 Å². The molecule has 0 rings (SSSR count). The molecule has 0 radical (unpaired) electrons. The van der Waals surface area contributed by atoms with Gasteiger partial charge >= 0.3 is 0 Å². The Morgan fingerprint density at radius 2 is 0.706 bits per heavy atom. The summed E-state index contributed by atoms with van der Waals surface area (Å²) >= 11 is 26.1. The van der Waals surface area contributed by atoms with Crippen LogP contribution in [-0.4, -0.2) is 10.4 Å². The van der Waals surface area contributed by atoms with Crippen LogP contribution in [0.4, 0.5) is 0 Å². The van der Waals surface area contributed by atoms with Crippen LogP contribution in [0.2, 0.25) is 0 Å². The van der Waals surface area contributed by atoms with Gasteiger partial charge in [0.15, 0.2) is 3.04 Å². The monoisotopic (exact) mass is 1470 g/mol. The lowest BCUT2D eigenvalue weighted by atomic mass is 10.1. The standard InChI is InChI=1S/C5HI11O/c6-1(3(8,9)10,4(11,12)13)2(7,17)5(14,15)16/h17H. The number of aliphatic hydroxyl groups is 1. The van der Waals surface area contributed by atoms with E-state index in [-0.39, 0.29) is 1.73 Å². The van der Waals surface area contributed by atoms with Crippen LogP contribution in [0, 0.1) is 0 Å². The lowest BCUT2D eigenvalue weighted by Crippen LogP contribution is -2.65. The second kappa shape index (κ2) is 8.79. The van der Waals surface area contributed by atoms with Crippen molar-refractivity contribution in [3.05, 3.63) is 0 Å². The zero-order valence-electron chi connectivity index (χ0n) is 7.10. The second-order valence-corrected chi connectivity index (χ2v) is 39.1. The van der Waals surface area contributed by atoms with Crippen molar-refractivity contribution in [2.45, 2.75) is 5.34 Å². The van der Waals surface area contributed by atoms with Crippen molar-refractivity contribution in [2.75, 3.05) is 0 Å². The quantitative estimate of drug-likeness (QED) is 0.223. The van der Waals surface area contributed by atoms with Crippen molar-refractivity contribution in [1.82, 2.24) is 0 Å². The Labute approximate surface area is 251 Å². The van der Waals surface area contributed by atoms with Gasteiger partial charge in [-0.15, -0.1) is 0 Å². The van der Waals surface area contributed by atoms with Crippen molar-refractivity contribution < 1.29 is 5.11 Å². The summed E-state index contributed by atoms with van der Waals surface area (Å²) in [6.07, 6.45) is 0. The van der Waals surface area contributed by atoms with Crippen molar-refractivity contribution in [3.8, 4) is 0 Å². The molecular formula is C5HI11O. The van der Waals surface area contributed by atoms with Gasteiger partial charge in [-0.25, -0.2) is 0 Å². The highest BCUT2D eigenvalue weighted by atomic mass is 127. The fourth-order valence-electron chi connectivity index (χ4n) is 0.732. The number of hydrogen-bond donors (Lipinski definition) is 1. The summed E-state index contributed by atoms with van der Waals surface area (Å²) in [6.45, 7) is 0. The SMILES string of the molecule is OC(I)(C(I)(I)I)C(I)(C(I)(I)I)C(I)(I)I. The molecule has 0 amide bonds. The van der Waals surface area contributed by atoms with Crippen LogP contribution in [0.15, 0.2) is 0 Å². The summed E-state index contributed by atoms with van der Waals surface area (Å²) < 4.78 is -1.73. The van der Waals surface area contributed by atoms with Gasteiger partial charge in [0.1, 0.15) is 2.29 Å². The van der Waals surface area contributed by atoms with Crippen molar-refractivity contribution in [1.29, 1.82) is 0 Å². The highest BCUT2D eigenvalue weighted by Crippen LogP contribution is 2.72. The molecular weight excluding hydrogens is 1470 g/mol. The Balaban J connectivity index is 6.04. The zero-order chi connectivity index (χ0) is 14.5. The van der Waals surface area contributed by atoms with Crippen LogP contribution >= 0.6 is 248 Å². The molecule has 0 saturated heterocycles. The first kappa shape index (κ1) is 25.0. The Bertz CT molecular complexity index is 266. The van der Waals surface area contributed by atoms with Crippen LogP contribution < -0.4 is 0 Å². The molecule has 0 aromatic heterocycles. The third kappa shape index (κ3) is 5.99. The number of alkyl halides is 11. The summed E-state index contributed by atoms with van der Waals surface area (Å²) in [5, 5.41) is 11.2. The topological polar surface area (TPSA) is 20.2 Å². The van der Waals surface area contributed by atoms with Crippen LogP contribution in [0.5, 0.6) is 0 Å². The highest BCUT2D eigenvalue weighted by molar-refractivity contribution is 14.3. The van der Waals surface area contributed by atoms with E-state index < -0.39 is 3.61 Å². The van der Waals surface area contributed by atoms with Gasteiger partial charge in [0.05, 0.1) is 0 Å². The van der Waals surface area contributed by atoms with E-state index in [0.29, 0.717) is 0 Å². The van der Waals surface area contributed by atoms with Crippen LogP contribution in [-0.2, 0) is 0 Å². The lowest BCUT2D eigenvalue weighted by Gasteiger charge is -2.52. The third-order valence-electron chi connectivity index (χ3n) is 1.61. The summed E-state index contributed by atoms with van der Waals surface area (Å²) in [6, 6.07) is 0. The molecule has 1 unspecified atom stereocenters. The molecule has 104 valence electrons. The van der Waals surface area contributed by atoms with E-state index in [2.05, 4.69) is 248 Å². The van der Waals surface area contributed by atoms with Gasteiger partial charge in [0, 0.05) is 0 Å². The molecule has 0 aliphatic carbocycles. The molecule has 0 aliphatic heterocycles. The minimum absolute atomic E-state index is 0.118. The highest BCUT2D eigenvalue weighted by Gasteiger charge is 2.71. The van der Waals surface area contributed by atoms with Gasteiger partial charge in [-0.3, -0.25) is 0 Å². The second-order valence-electron chi connectivity index (χ2n) is 2.77. The molecule has 0 spiro atoms. The van der Waals surface area contributed by atoms with Gasteiger partial charge in [0.2, 0.25) is 0 Å². The first-order valence-corrected chi connectivity index (χ1v) is 15.2. The Morgan fingerprint density at radius 3 is 0.765 bits per heavy atom. The first-order chi connectivity index (χ1) is 7.00. The molecule has 0 aliphatic rings. The minimum Gasteiger partial charge on any atom is -0.375 e. The molecule has 17 heavy (non-hydrogen) atoms. The zero-order valence-corrected chi connectivity index (χ0v) is 30.8. The van der Waals surface area contributed by atoms with E-state index in [1.165, 1.54) is 0 Å². The van der Waals surface area contributed by atoms with Gasteiger partial charge in [-0.2, -0.15) is 0 Å². The molecule has 0 aromatic carbocycles. The van der Waals surface area contributed by atoms with E-state index in [9.17, 15) is 5.11 Å². The van der Waals surface area contributed by atoms with E-state index in [0.717, 1.165) is 0 Å². The maximum atomic E-state index is 11.2. The van der Waals surface area contributed by atoms with Crippen LogP contribution in [0.3, 0.4) is 0 Å². The van der Waals surface area contributed by atoms with E-state index in [1.54, 1.807) is 0 Å². The first-order valence-electron chi connectivity index (χ1n) is 3.30. The maximum absolute atomic E-state index is 11.2. The van der Waals surface area contributed by atoms with E-state index in [1.807, 2.05) is 0 Å². The third-order valence-corrected chi connectivity index (χ3v) is 23.1. The van der Waals surface area contributed by atoms with Gasteiger partial charge in [-0.1, -0.05) is 226 Å². The van der Waals surface area contributed by atoms with Crippen molar-refractivity contribution >= 4 is 248 Å². The molecule has 1 nitrogen and oxygen atoms in total. The maximum Gasteiger partial charge on any atom is 0.168 e. The average Bonchev–Trinajstić information content (AvgIpc) is 1.95. The van der Waals surface area contributed by atoms with E-state index >= 15 is 0 Å². The fraction of sp³-hybridized carbons (Fsp3) is 1.00. The fourth-order valence-corrected chi connectivity index (χ4v) is 17.2. The largest absolute Gasteiger partial charge is 0.375 e. The smallest absolute Gasteiger partial charge is 0.168 e. The molecule has 0 heterocycles. The number of hydrogen-bond acceptors (Lipinski definition) is 1. The predicted octanol–water partition coefficient (Wildman–Crippen LogP) is 8.16. The van der Waals surface area contributed by atoms with Gasteiger partial charge in [0.25, 0.3) is 0 Å². The normalized spacial score (nSPS) is 19.1. The molecule has 12 heteroatoms. The molecule has 0 aromatic rings. The van der Waals surface area contributed by atoms with Crippen molar-refractivity contribution in [3.63, 3.8) is 0 Å². The molecule has 1 atom stereocenters.